The third-order valence-electron chi connectivity index (χ3n) is 4.45. The van der Waals surface area contributed by atoms with E-state index in [1.165, 1.54) is 0 Å². The number of fused-ring (bicyclic) bond motifs is 2. The van der Waals surface area contributed by atoms with Crippen molar-refractivity contribution in [2.45, 2.75) is 6.92 Å². The lowest BCUT2D eigenvalue weighted by Crippen LogP contribution is -2.50. The maximum absolute atomic E-state index is 15.2. The smallest absolute Gasteiger partial charge is 0.497 e. The second-order valence-electron chi connectivity index (χ2n) is 6.02. The molecule has 2 aromatic rings. The third kappa shape index (κ3) is 2.38. The summed E-state index contributed by atoms with van der Waals surface area (Å²) in [7, 11) is 1.60. The maximum Gasteiger partial charge on any atom is 0.738 e. The number of methoxy groups -OCH3 is 1. The molecule has 0 saturated heterocycles. The van der Waals surface area contributed by atoms with Gasteiger partial charge in [0.05, 0.1) is 17.3 Å². The zero-order chi connectivity index (χ0) is 17.9. The van der Waals surface area contributed by atoms with Crippen molar-refractivity contribution in [2.24, 2.45) is 0 Å². The van der Waals surface area contributed by atoms with E-state index in [2.05, 4.69) is 31.9 Å². The predicted molar refractivity (Wildman–Crippen MR) is 103 cm³/mol. The molecular formula is C17H13BBr2F2N2O. The van der Waals surface area contributed by atoms with Crippen LogP contribution in [-0.2, 0) is 0 Å². The van der Waals surface area contributed by atoms with Gasteiger partial charge in [-0.2, -0.15) is 0 Å². The Labute approximate surface area is 160 Å². The summed E-state index contributed by atoms with van der Waals surface area (Å²) >= 11 is 6.53. The molecule has 0 radical (unpaired) electrons. The van der Waals surface area contributed by atoms with Gasteiger partial charge in [0, 0.05) is 33.8 Å². The Morgan fingerprint density at radius 3 is 2.60 bits per heavy atom. The number of aryl methyl sites for hydroxylation is 1. The van der Waals surface area contributed by atoms with Crippen LogP contribution in [0.2, 0.25) is 0 Å². The first-order chi connectivity index (χ1) is 11.8. The number of hydrogen-bond donors (Lipinski definition) is 0. The Balaban J connectivity index is 2.09. The second kappa shape index (κ2) is 5.67. The molecule has 128 valence electrons. The molecule has 1 aromatic carbocycles. The van der Waals surface area contributed by atoms with Gasteiger partial charge in [-0.25, -0.2) is 0 Å². The molecular weight excluding hydrogens is 457 g/mol. The van der Waals surface area contributed by atoms with Crippen LogP contribution in [0.3, 0.4) is 0 Å². The lowest BCUT2D eigenvalue weighted by Gasteiger charge is -2.32. The quantitative estimate of drug-likeness (QED) is 0.569. The first kappa shape index (κ1) is 16.8. The van der Waals surface area contributed by atoms with Crippen LogP contribution in [0.4, 0.5) is 8.63 Å². The fourth-order valence-electron chi connectivity index (χ4n) is 3.44. The van der Waals surface area contributed by atoms with Crippen molar-refractivity contribution in [1.82, 2.24) is 4.48 Å². The molecule has 0 bridgehead atoms. The molecule has 8 heteroatoms. The van der Waals surface area contributed by atoms with Gasteiger partial charge in [-0.3, -0.25) is 0 Å². The summed E-state index contributed by atoms with van der Waals surface area (Å²) < 4.78 is 38.5. The second-order valence-corrected chi connectivity index (χ2v) is 7.65. The highest BCUT2D eigenvalue weighted by molar-refractivity contribution is 9.18. The third-order valence-corrected chi connectivity index (χ3v) is 5.74. The van der Waals surface area contributed by atoms with Gasteiger partial charge in [0.2, 0.25) is 4.62 Å². The van der Waals surface area contributed by atoms with Crippen LogP contribution in [0, 0.1) is 6.92 Å². The molecule has 0 aliphatic carbocycles. The average molecular weight is 470 g/mol. The van der Waals surface area contributed by atoms with Gasteiger partial charge >= 0.3 is 6.97 Å². The molecule has 0 N–H and O–H groups in total. The SMILES string of the molecule is COc1cc(C)cc(C2=C3C=CC(Br)=[N+]3[B-](F)(F)n3c(Br)ccc32)c1. The van der Waals surface area contributed by atoms with Gasteiger partial charge in [-0.05, 0) is 58.2 Å². The Morgan fingerprint density at radius 1 is 1.12 bits per heavy atom. The van der Waals surface area contributed by atoms with E-state index >= 15 is 8.63 Å². The first-order valence-corrected chi connectivity index (χ1v) is 9.23. The van der Waals surface area contributed by atoms with Crippen molar-refractivity contribution in [3.63, 3.8) is 0 Å². The highest BCUT2D eigenvalue weighted by Gasteiger charge is 2.54. The summed E-state index contributed by atoms with van der Waals surface area (Å²) in [5.41, 5.74) is 3.53. The Bertz CT molecular complexity index is 1010. The molecule has 0 fully saturated rings. The topological polar surface area (TPSA) is 17.2 Å². The van der Waals surface area contributed by atoms with E-state index in [4.69, 9.17) is 4.74 Å². The van der Waals surface area contributed by atoms with Crippen LogP contribution in [0.5, 0.6) is 5.75 Å². The van der Waals surface area contributed by atoms with Crippen LogP contribution in [0.25, 0.3) is 5.57 Å². The lowest BCUT2D eigenvalue weighted by molar-refractivity contribution is -0.358. The highest BCUT2D eigenvalue weighted by atomic mass is 79.9. The number of rotatable bonds is 2. The molecule has 0 amide bonds. The van der Waals surface area contributed by atoms with E-state index in [-0.39, 0.29) is 0 Å². The standard InChI is InChI=1S/C17H13BBr2F2N2O/c1-10-7-11(9-12(8-10)25-2)17-13-3-5-15(19)23(13)18(21,22)24-14(17)4-6-16(24)20/h3-9H,1-2H3. The van der Waals surface area contributed by atoms with Crippen molar-refractivity contribution < 1.29 is 17.9 Å². The van der Waals surface area contributed by atoms with E-state index in [0.29, 0.717) is 26.4 Å². The number of ether oxygens (including phenoxy) is 1. The van der Waals surface area contributed by atoms with Crippen molar-refractivity contribution in [3.8, 4) is 5.75 Å². The van der Waals surface area contributed by atoms with Crippen molar-refractivity contribution in [3.05, 3.63) is 69.6 Å². The fraction of sp³-hybridized carbons (Fsp3) is 0.118. The molecule has 4 rings (SSSR count). The first-order valence-electron chi connectivity index (χ1n) is 7.64. The van der Waals surface area contributed by atoms with Crippen LogP contribution in [0.15, 0.2) is 52.8 Å². The van der Waals surface area contributed by atoms with E-state index in [9.17, 15) is 0 Å². The monoisotopic (exact) mass is 468 g/mol. The zero-order valence-electron chi connectivity index (χ0n) is 13.4. The van der Waals surface area contributed by atoms with Crippen LogP contribution in [0.1, 0.15) is 16.8 Å². The number of hydrogen-bond acceptors (Lipinski definition) is 1. The molecule has 3 nitrogen and oxygen atoms in total. The number of aromatic nitrogens is 1. The van der Waals surface area contributed by atoms with Crippen molar-refractivity contribution >= 4 is 49.0 Å². The van der Waals surface area contributed by atoms with E-state index in [0.717, 1.165) is 25.7 Å². The molecule has 0 spiro atoms. The van der Waals surface area contributed by atoms with Gasteiger partial charge in [-0.15, -0.1) is 0 Å². The van der Waals surface area contributed by atoms with E-state index in [1.54, 1.807) is 31.4 Å². The van der Waals surface area contributed by atoms with E-state index < -0.39 is 6.97 Å². The molecule has 1 aromatic heterocycles. The molecule has 0 saturated carbocycles. The molecule has 25 heavy (non-hydrogen) atoms. The largest absolute Gasteiger partial charge is 0.738 e. The van der Waals surface area contributed by atoms with Crippen LogP contribution >= 0.6 is 31.9 Å². The van der Waals surface area contributed by atoms with Crippen LogP contribution in [-0.4, -0.2) is 27.7 Å². The number of allylic oxidation sites excluding steroid dienone is 2. The predicted octanol–water partition coefficient (Wildman–Crippen LogP) is 4.94. The molecule has 0 atom stereocenters. The zero-order valence-corrected chi connectivity index (χ0v) is 16.6. The van der Waals surface area contributed by atoms with Gasteiger partial charge in [0.15, 0.2) is 5.70 Å². The maximum atomic E-state index is 15.2. The summed E-state index contributed by atoms with van der Waals surface area (Å²) in [6, 6.07) is 9.13. The Hall–Kier alpha value is -1.67. The van der Waals surface area contributed by atoms with Crippen molar-refractivity contribution in [2.75, 3.05) is 7.11 Å². The van der Waals surface area contributed by atoms with Crippen molar-refractivity contribution in [1.29, 1.82) is 0 Å². The van der Waals surface area contributed by atoms with Crippen LogP contribution < -0.4 is 4.74 Å². The van der Waals surface area contributed by atoms with Gasteiger partial charge in [-0.1, -0.05) is 6.07 Å². The molecule has 0 unspecified atom stereocenters. The minimum absolute atomic E-state index is 0.343. The minimum Gasteiger partial charge on any atom is -0.497 e. The van der Waals surface area contributed by atoms with Gasteiger partial charge in [0.25, 0.3) is 0 Å². The van der Waals surface area contributed by atoms with E-state index in [1.807, 2.05) is 25.1 Å². The highest BCUT2D eigenvalue weighted by Crippen LogP contribution is 2.42. The van der Waals surface area contributed by atoms with Gasteiger partial charge in [0.1, 0.15) is 5.75 Å². The minimum atomic E-state index is -4.00. The average Bonchev–Trinajstić information content (AvgIpc) is 3.12. The Kier molecular flexibility index (Phi) is 3.81. The summed E-state index contributed by atoms with van der Waals surface area (Å²) in [5.74, 6) is 0.694. The number of nitrogens with zero attached hydrogens (tertiary/aromatic N) is 2. The Morgan fingerprint density at radius 2 is 1.88 bits per heavy atom. The number of halogens is 4. The number of benzene rings is 1. The molecule has 3 heterocycles. The summed E-state index contributed by atoms with van der Waals surface area (Å²) in [4.78, 5) is 0. The molecule has 2 aliphatic heterocycles. The molecule has 2 aliphatic rings. The lowest BCUT2D eigenvalue weighted by atomic mass is 9.86. The summed E-state index contributed by atoms with van der Waals surface area (Å²) in [5, 5.41) is 0. The fourth-order valence-corrected chi connectivity index (χ4v) is 4.58. The van der Waals surface area contributed by atoms with Gasteiger partial charge < -0.3 is 22.3 Å². The summed E-state index contributed by atoms with van der Waals surface area (Å²) in [6.07, 6.45) is 3.37. The summed E-state index contributed by atoms with van der Waals surface area (Å²) in [6.45, 7) is -2.04. The normalized spacial score (nSPS) is 17.8.